The van der Waals surface area contributed by atoms with Crippen LogP contribution in [0.2, 0.25) is 0 Å². The van der Waals surface area contributed by atoms with Crippen LogP contribution in [-0.4, -0.2) is 68.2 Å². The number of esters is 1. The monoisotopic (exact) mass is 304 g/mol. The molecule has 0 aromatic heterocycles. The highest BCUT2D eigenvalue weighted by Crippen LogP contribution is 2.27. The molecule has 2 aliphatic heterocycles. The molecular weight excluding hydrogens is 280 g/mol. The summed E-state index contributed by atoms with van der Waals surface area (Å²) in [6.07, 6.45) is 3.45. The number of hydrogen-bond donors (Lipinski definition) is 0. The normalized spacial score (nSPS) is 26.8. The van der Waals surface area contributed by atoms with Gasteiger partial charge in [-0.1, -0.05) is 0 Å². The van der Waals surface area contributed by atoms with Crippen LogP contribution in [-0.2, 0) is 19.6 Å². The smallest absolute Gasteiger partial charge is 0.323 e. The summed E-state index contributed by atoms with van der Waals surface area (Å²) in [5.41, 5.74) is 0. The summed E-state index contributed by atoms with van der Waals surface area (Å²) in [7, 11) is -1.65. The van der Waals surface area contributed by atoms with Crippen molar-refractivity contribution in [3.8, 4) is 0 Å². The average molecular weight is 304 g/mol. The topological polar surface area (TPSA) is 66.9 Å². The van der Waals surface area contributed by atoms with Gasteiger partial charge in [0.1, 0.15) is 6.04 Å². The Hall–Kier alpha value is -0.660. The predicted molar refractivity (Wildman–Crippen MR) is 75.8 cm³/mol. The van der Waals surface area contributed by atoms with Crippen LogP contribution in [0.15, 0.2) is 0 Å². The van der Waals surface area contributed by atoms with Gasteiger partial charge in [-0.15, -0.1) is 0 Å². The molecule has 2 fully saturated rings. The van der Waals surface area contributed by atoms with Crippen LogP contribution < -0.4 is 0 Å². The molecule has 7 heteroatoms. The van der Waals surface area contributed by atoms with Crippen molar-refractivity contribution in [1.82, 2.24) is 9.21 Å². The third kappa shape index (κ3) is 3.15. The molecule has 0 amide bonds. The summed E-state index contributed by atoms with van der Waals surface area (Å²) in [6.45, 7) is 3.70. The number of rotatable bonds is 4. The minimum absolute atomic E-state index is 0.140. The van der Waals surface area contributed by atoms with Crippen LogP contribution >= 0.6 is 0 Å². The summed E-state index contributed by atoms with van der Waals surface area (Å²) >= 11 is 0. The van der Waals surface area contributed by atoms with Crippen molar-refractivity contribution in [2.24, 2.45) is 0 Å². The minimum atomic E-state index is -3.08. The lowest BCUT2D eigenvalue weighted by molar-refractivity contribution is -0.146. The van der Waals surface area contributed by atoms with E-state index in [0.717, 1.165) is 32.2 Å². The minimum Gasteiger partial charge on any atom is -0.468 e. The first-order valence-corrected chi connectivity index (χ1v) is 8.92. The molecule has 0 unspecified atom stereocenters. The van der Waals surface area contributed by atoms with E-state index in [1.807, 2.05) is 0 Å². The van der Waals surface area contributed by atoms with Gasteiger partial charge in [0.05, 0.1) is 12.9 Å². The number of hydrogen-bond acceptors (Lipinski definition) is 5. The second-order valence-electron chi connectivity index (χ2n) is 5.45. The zero-order valence-corrected chi connectivity index (χ0v) is 13.1. The summed E-state index contributed by atoms with van der Waals surface area (Å²) in [5.74, 6) is -0.00211. The number of sulfonamides is 1. The number of carbonyl (C=O) groups excluding carboxylic acids is 1. The first kappa shape index (κ1) is 15.7. The molecule has 2 aliphatic rings. The summed E-state index contributed by atoms with van der Waals surface area (Å²) in [6, 6.07) is 0.157. The van der Waals surface area contributed by atoms with E-state index < -0.39 is 10.0 Å². The molecule has 0 saturated carbocycles. The second-order valence-corrected chi connectivity index (χ2v) is 7.71. The third-order valence-corrected chi connectivity index (χ3v) is 6.30. The van der Waals surface area contributed by atoms with Gasteiger partial charge in [0.25, 0.3) is 0 Å². The van der Waals surface area contributed by atoms with Gasteiger partial charge in [0.2, 0.25) is 10.0 Å². The molecule has 0 aliphatic carbocycles. The van der Waals surface area contributed by atoms with Gasteiger partial charge >= 0.3 is 5.97 Å². The Kier molecular flexibility index (Phi) is 5.04. The Morgan fingerprint density at radius 2 is 1.85 bits per heavy atom. The van der Waals surface area contributed by atoms with E-state index >= 15 is 0 Å². The SMILES string of the molecule is CCS(=O)(=O)N1CCC(N2CCC[C@H]2C(=O)OC)CC1. The van der Waals surface area contributed by atoms with Crippen LogP contribution in [0.1, 0.15) is 32.6 Å². The van der Waals surface area contributed by atoms with Gasteiger partial charge in [-0.2, -0.15) is 0 Å². The molecule has 0 spiro atoms. The summed E-state index contributed by atoms with van der Waals surface area (Å²) in [5, 5.41) is 0. The van der Waals surface area contributed by atoms with E-state index in [1.165, 1.54) is 7.11 Å². The Balaban J connectivity index is 1.95. The first-order chi connectivity index (χ1) is 9.49. The van der Waals surface area contributed by atoms with Crippen LogP contribution in [0.3, 0.4) is 0 Å². The quantitative estimate of drug-likeness (QED) is 0.705. The van der Waals surface area contributed by atoms with E-state index in [-0.39, 0.29) is 17.8 Å². The highest BCUT2D eigenvalue weighted by Gasteiger charge is 2.38. The summed E-state index contributed by atoms with van der Waals surface area (Å²) in [4.78, 5) is 14.0. The van der Waals surface area contributed by atoms with Gasteiger partial charge in [-0.05, 0) is 39.2 Å². The zero-order valence-electron chi connectivity index (χ0n) is 12.2. The van der Waals surface area contributed by atoms with Gasteiger partial charge in [0, 0.05) is 19.1 Å². The Morgan fingerprint density at radius 3 is 2.40 bits per heavy atom. The maximum Gasteiger partial charge on any atom is 0.323 e. The van der Waals surface area contributed by atoms with Crippen LogP contribution in [0.4, 0.5) is 0 Å². The van der Waals surface area contributed by atoms with Crippen molar-refractivity contribution in [3.63, 3.8) is 0 Å². The van der Waals surface area contributed by atoms with E-state index in [2.05, 4.69) is 4.90 Å². The van der Waals surface area contributed by atoms with Gasteiger partial charge in [0.15, 0.2) is 0 Å². The van der Waals surface area contributed by atoms with Gasteiger partial charge in [-0.25, -0.2) is 12.7 Å². The van der Waals surface area contributed by atoms with Crippen molar-refractivity contribution < 1.29 is 17.9 Å². The average Bonchev–Trinajstić information content (AvgIpc) is 2.96. The van der Waals surface area contributed by atoms with Crippen molar-refractivity contribution in [3.05, 3.63) is 0 Å². The van der Waals surface area contributed by atoms with Crippen LogP contribution in [0, 0.1) is 0 Å². The number of likely N-dealkylation sites (tertiary alicyclic amines) is 1. The lowest BCUT2D eigenvalue weighted by atomic mass is 10.0. The van der Waals surface area contributed by atoms with E-state index in [1.54, 1.807) is 11.2 Å². The molecule has 0 N–H and O–H groups in total. The Bertz CT molecular complexity index is 443. The Labute approximate surface area is 121 Å². The highest BCUT2D eigenvalue weighted by atomic mass is 32.2. The van der Waals surface area contributed by atoms with E-state index in [0.29, 0.717) is 19.1 Å². The largest absolute Gasteiger partial charge is 0.468 e. The fourth-order valence-corrected chi connectivity index (χ4v) is 4.38. The first-order valence-electron chi connectivity index (χ1n) is 7.31. The van der Waals surface area contributed by atoms with Gasteiger partial charge in [-0.3, -0.25) is 9.69 Å². The predicted octanol–water partition coefficient (Wildman–Crippen LogP) is 0.438. The fraction of sp³-hybridized carbons (Fsp3) is 0.923. The standard InChI is InChI=1S/C13H24N2O4S/c1-3-20(17,18)14-9-6-11(7-10-14)15-8-4-5-12(15)13(16)19-2/h11-12H,3-10H2,1-2H3/t12-/m0/s1. The molecule has 116 valence electrons. The molecule has 6 nitrogen and oxygen atoms in total. The van der Waals surface area contributed by atoms with Crippen LogP contribution in [0.25, 0.3) is 0 Å². The lowest BCUT2D eigenvalue weighted by Crippen LogP contribution is -2.50. The molecule has 0 aromatic carbocycles. The van der Waals surface area contributed by atoms with E-state index in [9.17, 15) is 13.2 Å². The second kappa shape index (κ2) is 6.41. The number of nitrogens with zero attached hydrogens (tertiary/aromatic N) is 2. The van der Waals surface area contributed by atoms with Crippen molar-refractivity contribution >= 4 is 16.0 Å². The van der Waals surface area contributed by atoms with Gasteiger partial charge < -0.3 is 4.74 Å². The number of piperidine rings is 1. The molecule has 2 heterocycles. The highest BCUT2D eigenvalue weighted by molar-refractivity contribution is 7.89. The lowest BCUT2D eigenvalue weighted by Gasteiger charge is -2.37. The number of methoxy groups -OCH3 is 1. The molecule has 20 heavy (non-hydrogen) atoms. The Morgan fingerprint density at radius 1 is 1.20 bits per heavy atom. The van der Waals surface area contributed by atoms with Crippen LogP contribution in [0.5, 0.6) is 0 Å². The fourth-order valence-electron chi connectivity index (χ4n) is 3.25. The third-order valence-electron chi connectivity index (χ3n) is 4.42. The maximum absolute atomic E-state index is 11.8. The number of carbonyl (C=O) groups is 1. The molecule has 0 bridgehead atoms. The molecule has 1 atom stereocenters. The molecule has 2 saturated heterocycles. The molecule has 0 radical (unpaired) electrons. The molecular formula is C13H24N2O4S. The van der Waals surface area contributed by atoms with Crippen molar-refractivity contribution in [2.45, 2.75) is 44.7 Å². The molecule has 2 rings (SSSR count). The molecule has 0 aromatic rings. The maximum atomic E-state index is 11.8. The summed E-state index contributed by atoms with van der Waals surface area (Å²) < 4.78 is 30.1. The number of ether oxygens (including phenoxy) is 1. The van der Waals surface area contributed by atoms with Crippen molar-refractivity contribution in [1.29, 1.82) is 0 Å². The zero-order chi connectivity index (χ0) is 14.8. The van der Waals surface area contributed by atoms with Crippen molar-refractivity contribution in [2.75, 3.05) is 32.5 Å². The van der Waals surface area contributed by atoms with E-state index in [4.69, 9.17) is 4.74 Å².